The van der Waals surface area contributed by atoms with E-state index in [1.165, 1.54) is 12.1 Å². The van der Waals surface area contributed by atoms with Crippen LogP contribution < -0.4 is 4.74 Å². The van der Waals surface area contributed by atoms with Gasteiger partial charge in [0.25, 0.3) is 0 Å². The summed E-state index contributed by atoms with van der Waals surface area (Å²) in [5.74, 6) is -0.472. The zero-order valence-electron chi connectivity index (χ0n) is 15.8. The number of aliphatic imine (C=N–C) groups is 1. The van der Waals surface area contributed by atoms with Crippen LogP contribution >= 0.6 is 0 Å². The van der Waals surface area contributed by atoms with E-state index in [2.05, 4.69) is 4.99 Å². The second-order valence-electron chi connectivity index (χ2n) is 6.60. The molecule has 0 saturated carbocycles. The van der Waals surface area contributed by atoms with Crippen molar-refractivity contribution in [3.63, 3.8) is 0 Å². The van der Waals surface area contributed by atoms with E-state index < -0.39 is 11.8 Å². The van der Waals surface area contributed by atoms with Gasteiger partial charge in [0.2, 0.25) is 5.90 Å². The van der Waals surface area contributed by atoms with Crippen LogP contribution in [0.5, 0.6) is 5.75 Å². The number of ether oxygens (including phenoxy) is 2. The van der Waals surface area contributed by atoms with Crippen molar-refractivity contribution < 1.29 is 18.7 Å². The van der Waals surface area contributed by atoms with Crippen molar-refractivity contribution in [3.05, 3.63) is 107 Å². The SMILES string of the molecule is Cc1ccccc1COc1cccc(/C=C2\N=C(c3ccccc3F)OC2=O)c1. The Morgan fingerprint density at radius 2 is 1.83 bits per heavy atom. The average Bonchev–Trinajstić information content (AvgIpc) is 3.08. The monoisotopic (exact) mass is 387 g/mol. The normalized spacial score (nSPS) is 14.6. The molecule has 1 aliphatic rings. The number of carbonyl (C=O) groups excluding carboxylic acids is 1. The Balaban J connectivity index is 1.54. The topological polar surface area (TPSA) is 47.9 Å². The smallest absolute Gasteiger partial charge is 0.363 e. The largest absolute Gasteiger partial charge is 0.489 e. The molecule has 0 fully saturated rings. The van der Waals surface area contributed by atoms with Gasteiger partial charge in [-0.05, 0) is 54.0 Å². The molecule has 0 N–H and O–H groups in total. The van der Waals surface area contributed by atoms with Gasteiger partial charge in [0.1, 0.15) is 18.2 Å². The second-order valence-corrected chi connectivity index (χ2v) is 6.60. The number of hydrogen-bond acceptors (Lipinski definition) is 4. The second kappa shape index (κ2) is 8.10. The van der Waals surface area contributed by atoms with E-state index in [0.717, 1.165) is 16.7 Å². The van der Waals surface area contributed by atoms with Crippen LogP contribution in [0.2, 0.25) is 0 Å². The highest BCUT2D eigenvalue weighted by Gasteiger charge is 2.25. The Labute approximate surface area is 167 Å². The minimum atomic E-state index is -0.616. The summed E-state index contributed by atoms with van der Waals surface area (Å²) in [6, 6.07) is 21.4. The van der Waals surface area contributed by atoms with Gasteiger partial charge >= 0.3 is 5.97 Å². The lowest BCUT2D eigenvalue weighted by Gasteiger charge is -2.09. The maximum Gasteiger partial charge on any atom is 0.363 e. The molecule has 3 aromatic carbocycles. The third-order valence-electron chi connectivity index (χ3n) is 4.54. The number of carbonyl (C=O) groups is 1. The van der Waals surface area contributed by atoms with Crippen LogP contribution in [0.25, 0.3) is 6.08 Å². The molecule has 0 spiro atoms. The van der Waals surface area contributed by atoms with E-state index in [4.69, 9.17) is 9.47 Å². The lowest BCUT2D eigenvalue weighted by atomic mass is 10.1. The molecule has 0 amide bonds. The first kappa shape index (κ1) is 18.6. The van der Waals surface area contributed by atoms with E-state index in [0.29, 0.717) is 12.4 Å². The van der Waals surface area contributed by atoms with Gasteiger partial charge in [0.15, 0.2) is 5.70 Å². The van der Waals surface area contributed by atoms with Crippen molar-refractivity contribution in [2.24, 2.45) is 4.99 Å². The quantitative estimate of drug-likeness (QED) is 0.454. The Morgan fingerprint density at radius 3 is 2.66 bits per heavy atom. The van der Waals surface area contributed by atoms with Crippen LogP contribution in [0, 0.1) is 12.7 Å². The molecule has 1 aliphatic heterocycles. The van der Waals surface area contributed by atoms with Gasteiger partial charge in [-0.3, -0.25) is 0 Å². The number of cyclic esters (lactones) is 1. The maximum absolute atomic E-state index is 13.9. The summed E-state index contributed by atoms with van der Waals surface area (Å²) < 4.78 is 24.9. The van der Waals surface area contributed by atoms with Gasteiger partial charge < -0.3 is 9.47 Å². The molecule has 0 radical (unpaired) electrons. The minimum Gasteiger partial charge on any atom is -0.489 e. The highest BCUT2D eigenvalue weighted by Crippen LogP contribution is 2.23. The van der Waals surface area contributed by atoms with E-state index in [9.17, 15) is 9.18 Å². The third kappa shape index (κ3) is 4.24. The van der Waals surface area contributed by atoms with Gasteiger partial charge in [-0.25, -0.2) is 14.2 Å². The Morgan fingerprint density at radius 1 is 1.03 bits per heavy atom. The third-order valence-corrected chi connectivity index (χ3v) is 4.54. The fraction of sp³-hybridized carbons (Fsp3) is 0.0833. The van der Waals surface area contributed by atoms with Crippen LogP contribution in [0.1, 0.15) is 22.3 Å². The lowest BCUT2D eigenvalue weighted by Crippen LogP contribution is -2.07. The van der Waals surface area contributed by atoms with Gasteiger partial charge in [0.05, 0.1) is 5.56 Å². The van der Waals surface area contributed by atoms with Crippen molar-refractivity contribution >= 4 is 17.9 Å². The first-order chi connectivity index (χ1) is 14.1. The van der Waals surface area contributed by atoms with Gasteiger partial charge in [0, 0.05) is 0 Å². The highest BCUT2D eigenvalue weighted by atomic mass is 19.1. The first-order valence-corrected chi connectivity index (χ1v) is 9.15. The fourth-order valence-corrected chi connectivity index (χ4v) is 2.94. The molecule has 29 heavy (non-hydrogen) atoms. The van der Waals surface area contributed by atoms with E-state index in [-0.39, 0.29) is 17.2 Å². The van der Waals surface area contributed by atoms with E-state index in [1.807, 2.05) is 55.5 Å². The molecule has 0 atom stereocenters. The summed E-state index contributed by atoms with van der Waals surface area (Å²) in [7, 11) is 0. The zero-order valence-corrected chi connectivity index (χ0v) is 15.8. The van der Waals surface area contributed by atoms with Gasteiger partial charge in [-0.15, -0.1) is 0 Å². The Kier molecular flexibility index (Phi) is 5.20. The molecule has 4 nitrogen and oxygen atoms in total. The van der Waals surface area contributed by atoms with Gasteiger partial charge in [-0.2, -0.15) is 0 Å². The summed E-state index contributed by atoms with van der Waals surface area (Å²) in [4.78, 5) is 16.3. The summed E-state index contributed by atoms with van der Waals surface area (Å²) >= 11 is 0. The summed E-state index contributed by atoms with van der Waals surface area (Å²) in [6.45, 7) is 2.49. The molecule has 144 valence electrons. The molecular formula is C24H18FNO3. The van der Waals surface area contributed by atoms with Crippen LogP contribution in [0.15, 0.2) is 83.5 Å². The van der Waals surface area contributed by atoms with Crippen LogP contribution in [0.4, 0.5) is 4.39 Å². The average molecular weight is 387 g/mol. The molecule has 0 bridgehead atoms. The molecule has 1 heterocycles. The van der Waals surface area contributed by atoms with Crippen molar-refractivity contribution in [1.82, 2.24) is 0 Å². The molecular weight excluding hydrogens is 369 g/mol. The van der Waals surface area contributed by atoms with Gasteiger partial charge in [-0.1, -0.05) is 48.5 Å². The summed E-state index contributed by atoms with van der Waals surface area (Å²) in [6.07, 6.45) is 1.59. The Hall–Kier alpha value is -3.73. The predicted octanol–water partition coefficient (Wildman–Crippen LogP) is 5.06. The van der Waals surface area contributed by atoms with E-state index in [1.54, 1.807) is 18.2 Å². The molecule has 0 unspecified atom stereocenters. The first-order valence-electron chi connectivity index (χ1n) is 9.15. The van der Waals surface area contributed by atoms with Crippen LogP contribution in [-0.4, -0.2) is 11.9 Å². The standard InChI is InChI=1S/C24H18FNO3/c1-16-7-2-3-9-18(16)15-28-19-10-6-8-17(13-19)14-22-24(27)29-23(26-22)20-11-4-5-12-21(20)25/h2-14H,15H2,1H3/b22-14-. The summed E-state index contributed by atoms with van der Waals surface area (Å²) in [5, 5.41) is 0. The number of aryl methyl sites for hydroxylation is 1. The van der Waals surface area contributed by atoms with Crippen molar-refractivity contribution in [2.75, 3.05) is 0 Å². The molecule has 0 saturated heterocycles. The number of nitrogens with zero attached hydrogens (tertiary/aromatic N) is 1. The zero-order chi connectivity index (χ0) is 20.2. The fourth-order valence-electron chi connectivity index (χ4n) is 2.94. The van der Waals surface area contributed by atoms with Crippen LogP contribution in [0.3, 0.4) is 0 Å². The van der Waals surface area contributed by atoms with Crippen molar-refractivity contribution in [3.8, 4) is 5.75 Å². The molecule has 3 aromatic rings. The molecule has 0 aliphatic carbocycles. The van der Waals surface area contributed by atoms with E-state index >= 15 is 0 Å². The highest BCUT2D eigenvalue weighted by molar-refractivity contribution is 6.12. The molecule has 4 rings (SSSR count). The number of halogens is 1. The molecule has 5 heteroatoms. The van der Waals surface area contributed by atoms with Crippen molar-refractivity contribution in [1.29, 1.82) is 0 Å². The van der Waals surface area contributed by atoms with Crippen molar-refractivity contribution in [2.45, 2.75) is 13.5 Å². The summed E-state index contributed by atoms with van der Waals surface area (Å²) in [5.41, 5.74) is 3.26. The minimum absolute atomic E-state index is 0.0358. The molecule has 0 aromatic heterocycles. The van der Waals surface area contributed by atoms with Crippen LogP contribution in [-0.2, 0) is 16.1 Å². The maximum atomic E-state index is 13.9. The lowest BCUT2D eigenvalue weighted by molar-refractivity contribution is -0.129. The number of benzene rings is 3. The predicted molar refractivity (Wildman–Crippen MR) is 109 cm³/mol. The number of rotatable bonds is 5. The number of esters is 1. The number of hydrogen-bond donors (Lipinski definition) is 0. The Bertz CT molecular complexity index is 1130.